The molecule has 0 aromatic carbocycles. The van der Waals surface area contributed by atoms with E-state index in [0.29, 0.717) is 24.5 Å². The number of halogens is 5. The Bertz CT molecular complexity index is 1170. The van der Waals surface area contributed by atoms with Gasteiger partial charge in [0.25, 0.3) is 11.5 Å². The Morgan fingerprint density at radius 1 is 1.32 bits per heavy atom. The van der Waals surface area contributed by atoms with E-state index in [1.807, 2.05) is 4.98 Å². The van der Waals surface area contributed by atoms with E-state index in [9.17, 15) is 36.6 Å². The van der Waals surface area contributed by atoms with Crippen LogP contribution in [0.4, 0.5) is 27.8 Å². The van der Waals surface area contributed by atoms with Crippen molar-refractivity contribution < 1.29 is 36.6 Å². The van der Waals surface area contributed by atoms with E-state index in [-0.39, 0.29) is 24.5 Å². The number of aliphatic hydroxyl groups excluding tert-OH is 1. The number of anilines is 1. The number of nitrogens with zero attached hydrogens (tertiary/aromatic N) is 3. The minimum atomic E-state index is -5.15. The number of aromatic amines is 1. The van der Waals surface area contributed by atoms with Gasteiger partial charge in [0, 0.05) is 31.8 Å². The van der Waals surface area contributed by atoms with Gasteiger partial charge in [-0.15, -0.1) is 10.2 Å². The number of piperidine rings is 1. The van der Waals surface area contributed by atoms with Gasteiger partial charge in [0.1, 0.15) is 0 Å². The molecule has 3 heterocycles. The second-order valence-corrected chi connectivity index (χ2v) is 9.40. The number of carbonyl (C=O) groups excluding carboxylic acids is 1. The number of hydrogen-bond acceptors (Lipinski definition) is 7. The highest BCUT2D eigenvalue weighted by Crippen LogP contribution is 2.41. The Hall–Kier alpha value is -3.13. The number of rotatable bonds is 8. The van der Waals surface area contributed by atoms with Crippen molar-refractivity contribution in [2.24, 2.45) is 5.92 Å². The molecular formula is C23H26F5N5O4. The summed E-state index contributed by atoms with van der Waals surface area (Å²) >= 11 is 0. The lowest BCUT2D eigenvalue weighted by Crippen LogP contribution is -2.52. The lowest BCUT2D eigenvalue weighted by atomic mass is 9.86. The van der Waals surface area contributed by atoms with Gasteiger partial charge in [0.2, 0.25) is 11.8 Å². The molecule has 202 valence electrons. The Morgan fingerprint density at radius 3 is 2.68 bits per heavy atom. The molecule has 1 saturated heterocycles. The first kappa shape index (κ1) is 26.9. The maximum atomic E-state index is 14.8. The zero-order chi connectivity index (χ0) is 27.0. The Morgan fingerprint density at radius 2 is 2.05 bits per heavy atom. The molecule has 1 saturated carbocycles. The summed E-state index contributed by atoms with van der Waals surface area (Å²) in [6, 6.07) is 2.80. The quantitative estimate of drug-likeness (QED) is 0.448. The predicted octanol–water partition coefficient (Wildman–Crippen LogP) is 3.00. The summed E-state index contributed by atoms with van der Waals surface area (Å²) in [7, 11) is 0. The van der Waals surface area contributed by atoms with Crippen LogP contribution in [0.15, 0.2) is 29.2 Å². The standard InChI is InChI=1S/C23H26F5N5O4/c1-12(20(35)30-17-4-5-18(32-31-17)37-11-13-2-3-13)33-7-6-22(24,25)16(10-33)14-8-15(21(36)29-9-14)19(34)23(26,27)28/h4-5,8-9,12-13,16,19,34H,2-3,6-7,10-11H2,1H3,(H,29,36)(H,30,31,35)/t12?,16?,19-/m0/s1. The molecule has 2 aromatic heterocycles. The van der Waals surface area contributed by atoms with Crippen molar-refractivity contribution in [3.63, 3.8) is 0 Å². The number of pyridine rings is 1. The fourth-order valence-electron chi connectivity index (χ4n) is 4.07. The van der Waals surface area contributed by atoms with Crippen LogP contribution in [0.3, 0.4) is 0 Å². The number of carbonyl (C=O) groups is 1. The summed E-state index contributed by atoms with van der Waals surface area (Å²) in [5.74, 6) is -4.52. The van der Waals surface area contributed by atoms with Crippen LogP contribution < -0.4 is 15.6 Å². The van der Waals surface area contributed by atoms with Gasteiger partial charge in [-0.05, 0) is 43.4 Å². The van der Waals surface area contributed by atoms with E-state index >= 15 is 0 Å². The molecule has 14 heteroatoms. The van der Waals surface area contributed by atoms with E-state index in [4.69, 9.17) is 4.74 Å². The molecule has 0 spiro atoms. The van der Waals surface area contributed by atoms with Crippen molar-refractivity contribution >= 4 is 11.7 Å². The van der Waals surface area contributed by atoms with Gasteiger partial charge in [0.15, 0.2) is 11.9 Å². The molecule has 37 heavy (non-hydrogen) atoms. The molecule has 1 aliphatic carbocycles. The second kappa shape index (κ2) is 10.3. The molecule has 1 amide bonds. The number of aromatic nitrogens is 3. The molecule has 4 rings (SSSR count). The maximum absolute atomic E-state index is 14.8. The van der Waals surface area contributed by atoms with Crippen molar-refractivity contribution in [1.29, 1.82) is 0 Å². The first-order valence-electron chi connectivity index (χ1n) is 11.7. The van der Waals surface area contributed by atoms with Crippen LogP contribution in [0.5, 0.6) is 5.88 Å². The molecule has 2 fully saturated rings. The number of H-pyrrole nitrogens is 1. The highest BCUT2D eigenvalue weighted by Gasteiger charge is 2.47. The third-order valence-electron chi connectivity index (χ3n) is 6.60. The SMILES string of the molecule is CC(C(=O)Nc1ccc(OCC2CC2)nn1)N1CCC(F)(F)C(c2c[nH]c(=O)c([C@H](O)C(F)(F)F)c2)C1. The fraction of sp³-hybridized carbons (Fsp3) is 0.565. The van der Waals surface area contributed by atoms with Gasteiger partial charge in [-0.2, -0.15) is 13.2 Å². The fourth-order valence-corrected chi connectivity index (χ4v) is 4.07. The lowest BCUT2D eigenvalue weighted by molar-refractivity contribution is -0.207. The zero-order valence-electron chi connectivity index (χ0n) is 19.8. The molecule has 2 aliphatic rings. The van der Waals surface area contributed by atoms with Gasteiger partial charge in [-0.25, -0.2) is 8.78 Å². The highest BCUT2D eigenvalue weighted by atomic mass is 19.4. The molecular weight excluding hydrogens is 505 g/mol. The minimum Gasteiger partial charge on any atom is -0.476 e. The monoisotopic (exact) mass is 531 g/mol. The topological polar surface area (TPSA) is 120 Å². The largest absolute Gasteiger partial charge is 0.476 e. The van der Waals surface area contributed by atoms with Crippen molar-refractivity contribution in [3.05, 3.63) is 45.9 Å². The van der Waals surface area contributed by atoms with E-state index in [0.717, 1.165) is 19.0 Å². The van der Waals surface area contributed by atoms with Crippen molar-refractivity contribution in [2.45, 2.75) is 56.3 Å². The van der Waals surface area contributed by atoms with Crippen LogP contribution in [-0.4, -0.2) is 68.9 Å². The first-order valence-corrected chi connectivity index (χ1v) is 11.7. The second-order valence-electron chi connectivity index (χ2n) is 9.40. The number of amides is 1. The van der Waals surface area contributed by atoms with E-state index in [1.165, 1.54) is 17.9 Å². The van der Waals surface area contributed by atoms with Gasteiger partial charge in [-0.1, -0.05) is 0 Å². The predicted molar refractivity (Wildman–Crippen MR) is 120 cm³/mol. The smallest absolute Gasteiger partial charge is 0.418 e. The van der Waals surface area contributed by atoms with E-state index in [2.05, 4.69) is 15.5 Å². The first-order chi connectivity index (χ1) is 17.3. The Balaban J connectivity index is 1.44. The molecule has 1 aliphatic heterocycles. The van der Waals surface area contributed by atoms with Crippen LogP contribution in [0.25, 0.3) is 0 Å². The van der Waals surface area contributed by atoms with Crippen LogP contribution >= 0.6 is 0 Å². The van der Waals surface area contributed by atoms with E-state index in [1.54, 1.807) is 6.07 Å². The van der Waals surface area contributed by atoms with Gasteiger partial charge in [0.05, 0.1) is 24.1 Å². The summed E-state index contributed by atoms with van der Waals surface area (Å²) in [5.41, 5.74) is -2.60. The van der Waals surface area contributed by atoms with Crippen molar-refractivity contribution in [2.75, 3.05) is 25.0 Å². The van der Waals surface area contributed by atoms with E-state index < -0.39 is 53.6 Å². The summed E-state index contributed by atoms with van der Waals surface area (Å²) < 4.78 is 74.0. The Labute approximate surface area is 208 Å². The molecule has 2 aromatic rings. The average molecular weight is 531 g/mol. The summed E-state index contributed by atoms with van der Waals surface area (Å²) in [4.78, 5) is 28.1. The van der Waals surface area contributed by atoms with Crippen molar-refractivity contribution in [1.82, 2.24) is 20.1 Å². The number of aliphatic hydroxyl groups is 1. The number of ether oxygens (including phenoxy) is 1. The van der Waals surface area contributed by atoms with Crippen LogP contribution in [0, 0.1) is 5.92 Å². The van der Waals surface area contributed by atoms with Crippen LogP contribution in [0.1, 0.15) is 49.3 Å². The summed E-state index contributed by atoms with van der Waals surface area (Å²) in [6.45, 7) is 1.51. The molecule has 3 N–H and O–H groups in total. The normalized spacial score (nSPS) is 21.8. The molecule has 0 radical (unpaired) electrons. The van der Waals surface area contributed by atoms with Gasteiger partial charge in [-0.3, -0.25) is 14.5 Å². The third-order valence-corrected chi connectivity index (χ3v) is 6.60. The number of nitrogens with one attached hydrogen (secondary N) is 2. The molecule has 2 unspecified atom stereocenters. The number of likely N-dealkylation sites (tertiary alicyclic amines) is 1. The third kappa shape index (κ3) is 6.42. The van der Waals surface area contributed by atoms with Crippen LogP contribution in [0.2, 0.25) is 0 Å². The number of hydrogen-bond donors (Lipinski definition) is 3. The van der Waals surface area contributed by atoms with Crippen molar-refractivity contribution in [3.8, 4) is 5.88 Å². The molecule has 3 atom stereocenters. The van der Waals surface area contributed by atoms with Crippen LogP contribution in [-0.2, 0) is 4.79 Å². The van der Waals surface area contributed by atoms with Gasteiger partial charge >= 0.3 is 6.18 Å². The molecule has 0 bridgehead atoms. The van der Waals surface area contributed by atoms with Gasteiger partial charge < -0.3 is 20.1 Å². The minimum absolute atomic E-state index is 0.140. The summed E-state index contributed by atoms with van der Waals surface area (Å²) in [5, 5.41) is 19.8. The number of alkyl halides is 5. The average Bonchev–Trinajstić information content (AvgIpc) is 3.67. The highest BCUT2D eigenvalue weighted by molar-refractivity contribution is 5.93. The summed E-state index contributed by atoms with van der Waals surface area (Å²) in [6.07, 6.45) is -5.81. The maximum Gasteiger partial charge on any atom is 0.418 e. The molecule has 9 nitrogen and oxygen atoms in total. The zero-order valence-corrected chi connectivity index (χ0v) is 19.8. The Kier molecular flexibility index (Phi) is 7.51. The lowest BCUT2D eigenvalue weighted by Gasteiger charge is -2.40.